The highest BCUT2D eigenvalue weighted by atomic mass is 16.5. The van der Waals surface area contributed by atoms with Crippen LogP contribution in [0.3, 0.4) is 0 Å². The summed E-state index contributed by atoms with van der Waals surface area (Å²) >= 11 is 0. The van der Waals surface area contributed by atoms with Gasteiger partial charge in [-0.1, -0.05) is 38.8 Å². The standard InChI is InChI=1S/C31H43N3O3/c1-6-9-16-34(17-10-7-2)31(35)23-13-11-22(12-14-23)30-25-20-28(36-5)29(37-8-3)19-24(25)26-21-33(4)18-15-27(26)32-30/h11-14,19-20,26-27H,6-10,15-18,21H2,1-5H3/t26-,27-/m0/s1. The molecule has 2 aromatic rings. The lowest BCUT2D eigenvalue weighted by molar-refractivity contribution is 0.0751. The van der Waals surface area contributed by atoms with Crippen LogP contribution in [0, 0.1) is 0 Å². The molecule has 0 aliphatic carbocycles. The highest BCUT2D eigenvalue weighted by Crippen LogP contribution is 2.42. The Morgan fingerprint density at radius 1 is 1.05 bits per heavy atom. The van der Waals surface area contributed by atoms with Gasteiger partial charge in [-0.05, 0) is 69.6 Å². The Hall–Kier alpha value is -2.86. The molecular formula is C31H43N3O3. The Morgan fingerprint density at radius 3 is 2.38 bits per heavy atom. The van der Waals surface area contributed by atoms with Gasteiger partial charge in [0.05, 0.1) is 25.5 Å². The average Bonchev–Trinajstić information content (AvgIpc) is 2.92. The van der Waals surface area contributed by atoms with Crippen molar-refractivity contribution in [3.05, 3.63) is 58.7 Å². The highest BCUT2D eigenvalue weighted by Gasteiger charge is 2.36. The molecule has 0 N–H and O–H groups in total. The number of benzene rings is 2. The molecular weight excluding hydrogens is 462 g/mol. The van der Waals surface area contributed by atoms with Gasteiger partial charge >= 0.3 is 0 Å². The van der Waals surface area contributed by atoms with Crippen LogP contribution in [0.2, 0.25) is 0 Å². The number of methoxy groups -OCH3 is 1. The lowest BCUT2D eigenvalue weighted by atomic mass is 9.79. The number of piperidine rings is 1. The second kappa shape index (κ2) is 12.6. The van der Waals surface area contributed by atoms with E-state index in [1.807, 2.05) is 24.0 Å². The zero-order valence-corrected chi connectivity index (χ0v) is 23.3. The quantitative estimate of drug-likeness (QED) is 0.389. The molecule has 0 unspecified atom stereocenters. The van der Waals surface area contributed by atoms with Crippen LogP contribution >= 0.6 is 0 Å². The van der Waals surface area contributed by atoms with Crippen LogP contribution in [0.15, 0.2) is 41.4 Å². The van der Waals surface area contributed by atoms with Crippen LogP contribution in [0.25, 0.3) is 0 Å². The summed E-state index contributed by atoms with van der Waals surface area (Å²) in [6.45, 7) is 10.6. The molecule has 4 rings (SSSR count). The summed E-state index contributed by atoms with van der Waals surface area (Å²) in [5.74, 6) is 1.97. The van der Waals surface area contributed by atoms with Gasteiger partial charge in [-0.2, -0.15) is 0 Å². The van der Waals surface area contributed by atoms with E-state index in [1.54, 1.807) is 7.11 Å². The van der Waals surface area contributed by atoms with E-state index in [0.717, 1.165) is 92.2 Å². The molecule has 0 radical (unpaired) electrons. The molecule has 6 heteroatoms. The highest BCUT2D eigenvalue weighted by molar-refractivity contribution is 6.15. The molecule has 6 nitrogen and oxygen atoms in total. The number of carbonyl (C=O) groups is 1. The van der Waals surface area contributed by atoms with Crippen LogP contribution in [0.5, 0.6) is 11.5 Å². The van der Waals surface area contributed by atoms with Crippen LogP contribution < -0.4 is 9.47 Å². The van der Waals surface area contributed by atoms with E-state index in [2.05, 4.69) is 50.1 Å². The van der Waals surface area contributed by atoms with Gasteiger partial charge < -0.3 is 19.3 Å². The molecule has 2 aliphatic rings. The first-order valence-corrected chi connectivity index (χ1v) is 14.0. The molecule has 1 amide bonds. The third-order valence-electron chi connectivity index (χ3n) is 7.62. The number of hydrogen-bond acceptors (Lipinski definition) is 5. The lowest BCUT2D eigenvalue weighted by Gasteiger charge is -2.39. The Labute approximate surface area is 222 Å². The number of amides is 1. The summed E-state index contributed by atoms with van der Waals surface area (Å²) in [6, 6.07) is 12.5. The molecule has 0 saturated carbocycles. The van der Waals surface area contributed by atoms with Gasteiger partial charge in [0.15, 0.2) is 11.5 Å². The minimum Gasteiger partial charge on any atom is -0.493 e. The zero-order chi connectivity index (χ0) is 26.4. The number of likely N-dealkylation sites (N-methyl/N-ethyl adjacent to an activating group) is 1. The molecule has 37 heavy (non-hydrogen) atoms. The number of ether oxygens (including phenoxy) is 2. The number of aliphatic imine (C=N–C) groups is 1. The lowest BCUT2D eigenvalue weighted by Crippen LogP contribution is -2.41. The number of carbonyl (C=O) groups excluding carboxylic acids is 1. The first kappa shape index (κ1) is 27.2. The molecule has 1 fully saturated rings. The van der Waals surface area contributed by atoms with E-state index in [4.69, 9.17) is 14.5 Å². The topological polar surface area (TPSA) is 54.4 Å². The Balaban J connectivity index is 1.68. The van der Waals surface area contributed by atoms with Gasteiger partial charge in [0.25, 0.3) is 5.91 Å². The fourth-order valence-corrected chi connectivity index (χ4v) is 5.51. The second-order valence-electron chi connectivity index (χ2n) is 10.3. The minimum atomic E-state index is 0.123. The third-order valence-corrected chi connectivity index (χ3v) is 7.62. The third kappa shape index (κ3) is 6.01. The number of hydrogen-bond donors (Lipinski definition) is 0. The van der Waals surface area contributed by atoms with Crippen molar-refractivity contribution in [1.29, 1.82) is 0 Å². The van der Waals surface area contributed by atoms with E-state index >= 15 is 0 Å². The summed E-state index contributed by atoms with van der Waals surface area (Å²) < 4.78 is 11.6. The number of nitrogens with zero attached hydrogens (tertiary/aromatic N) is 3. The van der Waals surface area contributed by atoms with E-state index in [1.165, 1.54) is 5.56 Å². The van der Waals surface area contributed by atoms with Crippen molar-refractivity contribution in [1.82, 2.24) is 9.80 Å². The van der Waals surface area contributed by atoms with Crippen LogP contribution in [0.4, 0.5) is 0 Å². The molecule has 0 bridgehead atoms. The number of fused-ring (bicyclic) bond motifs is 3. The van der Waals surface area contributed by atoms with Crippen molar-refractivity contribution < 1.29 is 14.3 Å². The molecule has 2 aliphatic heterocycles. The van der Waals surface area contributed by atoms with Crippen molar-refractivity contribution in [2.24, 2.45) is 4.99 Å². The maximum absolute atomic E-state index is 13.3. The summed E-state index contributed by atoms with van der Waals surface area (Å²) in [4.78, 5) is 23.0. The molecule has 0 spiro atoms. The van der Waals surface area contributed by atoms with Gasteiger partial charge in [-0.3, -0.25) is 9.79 Å². The molecule has 1 saturated heterocycles. The van der Waals surface area contributed by atoms with Gasteiger partial charge in [0.1, 0.15) is 0 Å². The Morgan fingerprint density at radius 2 is 1.76 bits per heavy atom. The summed E-state index contributed by atoms with van der Waals surface area (Å²) in [5, 5.41) is 0. The first-order valence-electron chi connectivity index (χ1n) is 14.0. The maximum Gasteiger partial charge on any atom is 0.253 e. The number of rotatable bonds is 11. The molecule has 0 aromatic heterocycles. The smallest absolute Gasteiger partial charge is 0.253 e. The molecule has 2 heterocycles. The minimum absolute atomic E-state index is 0.123. The van der Waals surface area contributed by atoms with Crippen molar-refractivity contribution >= 4 is 11.6 Å². The Kier molecular flexibility index (Phi) is 9.25. The predicted octanol–water partition coefficient (Wildman–Crippen LogP) is 5.78. The second-order valence-corrected chi connectivity index (χ2v) is 10.3. The van der Waals surface area contributed by atoms with Crippen molar-refractivity contribution in [3.63, 3.8) is 0 Å². The van der Waals surface area contributed by atoms with Gasteiger partial charge in [-0.15, -0.1) is 0 Å². The summed E-state index contributed by atoms with van der Waals surface area (Å²) in [5.41, 5.74) is 5.14. The summed E-state index contributed by atoms with van der Waals surface area (Å²) in [6.07, 6.45) is 5.26. The predicted molar refractivity (Wildman–Crippen MR) is 151 cm³/mol. The zero-order valence-electron chi connectivity index (χ0n) is 23.3. The van der Waals surface area contributed by atoms with Crippen LogP contribution in [-0.2, 0) is 0 Å². The van der Waals surface area contributed by atoms with Crippen molar-refractivity contribution in [3.8, 4) is 11.5 Å². The van der Waals surface area contributed by atoms with E-state index in [0.29, 0.717) is 12.5 Å². The summed E-state index contributed by atoms with van der Waals surface area (Å²) in [7, 11) is 3.87. The SMILES string of the molecule is CCCCN(CCCC)C(=O)c1ccc(C2=N[C@H]3CCN(C)C[C@H]3c3cc(OCC)c(OC)cc32)cc1. The first-order chi connectivity index (χ1) is 18.0. The largest absolute Gasteiger partial charge is 0.493 e. The monoisotopic (exact) mass is 505 g/mol. The van der Waals surface area contributed by atoms with Gasteiger partial charge in [0, 0.05) is 42.2 Å². The number of likely N-dealkylation sites (tertiary alicyclic amines) is 1. The fourth-order valence-electron chi connectivity index (χ4n) is 5.51. The van der Waals surface area contributed by atoms with Crippen molar-refractivity contribution in [2.75, 3.05) is 46.9 Å². The fraction of sp³-hybridized carbons (Fsp3) is 0.548. The average molecular weight is 506 g/mol. The number of unbranched alkanes of at least 4 members (excludes halogenated alkanes) is 2. The molecule has 2 aromatic carbocycles. The van der Waals surface area contributed by atoms with E-state index in [-0.39, 0.29) is 11.9 Å². The van der Waals surface area contributed by atoms with Gasteiger partial charge in [0.2, 0.25) is 0 Å². The molecule has 2 atom stereocenters. The van der Waals surface area contributed by atoms with E-state index in [9.17, 15) is 4.79 Å². The normalized spacial score (nSPS) is 19.0. The maximum atomic E-state index is 13.3. The van der Waals surface area contributed by atoms with Crippen LogP contribution in [0.1, 0.15) is 85.8 Å². The molecule has 200 valence electrons. The van der Waals surface area contributed by atoms with Crippen LogP contribution in [-0.4, -0.2) is 74.4 Å². The van der Waals surface area contributed by atoms with E-state index < -0.39 is 0 Å². The Bertz CT molecular complexity index is 1090. The van der Waals surface area contributed by atoms with Gasteiger partial charge in [-0.25, -0.2) is 0 Å². The van der Waals surface area contributed by atoms with Crippen molar-refractivity contribution in [2.45, 2.75) is 64.8 Å².